The number of rotatable bonds is 0. The average molecular weight is 95.1 g/mol. The molecule has 0 aromatic heterocycles. The van der Waals surface area contributed by atoms with Gasteiger partial charge < -0.3 is 10.2 Å². The molecule has 1 unspecified atom stereocenters. The molecule has 0 aromatic carbocycles. The van der Waals surface area contributed by atoms with Crippen molar-refractivity contribution >= 4 is 0 Å². The molecule has 0 aromatic rings. The van der Waals surface area contributed by atoms with E-state index in [0.717, 1.165) is 12.8 Å². The third kappa shape index (κ3) is 0.263. The minimum absolute atomic E-state index is 0.509. The van der Waals surface area contributed by atoms with Crippen LogP contribution >= 0.6 is 0 Å². The Kier molecular flexibility index (Phi) is 0.451. The first-order chi connectivity index (χ1) is 3.38. The zero-order valence-electron chi connectivity index (χ0n) is 4.09. The van der Waals surface area contributed by atoms with Crippen molar-refractivity contribution in [3.05, 3.63) is 11.6 Å². The van der Waals surface area contributed by atoms with Crippen LogP contribution in [0, 0.1) is 6.04 Å². The summed E-state index contributed by atoms with van der Waals surface area (Å²) < 4.78 is 1.42. The lowest BCUT2D eigenvalue weighted by molar-refractivity contribution is -0.608. The second kappa shape index (κ2) is 0.881. The summed E-state index contributed by atoms with van der Waals surface area (Å²) in [6.45, 7) is 0. The van der Waals surface area contributed by atoms with Gasteiger partial charge in [-0.1, -0.05) is 0 Å². The smallest absolute Gasteiger partial charge is 0.221 e. The molecule has 2 heterocycles. The average Bonchev–Trinajstić information content (AvgIpc) is 2.18. The van der Waals surface area contributed by atoms with Crippen molar-refractivity contribution in [3.63, 3.8) is 0 Å². The van der Waals surface area contributed by atoms with Crippen molar-refractivity contribution in [2.75, 3.05) is 0 Å². The summed E-state index contributed by atoms with van der Waals surface area (Å²) in [4.78, 5) is 0. The van der Waals surface area contributed by atoms with Crippen LogP contribution in [0.3, 0.4) is 0 Å². The van der Waals surface area contributed by atoms with Crippen LogP contribution in [0.5, 0.6) is 0 Å². The van der Waals surface area contributed by atoms with Crippen LogP contribution in [0.2, 0.25) is 0 Å². The molecular weight excluding hydrogens is 88.1 g/mol. The van der Waals surface area contributed by atoms with E-state index in [2.05, 4.69) is 0 Å². The molecule has 1 saturated carbocycles. The Balaban J connectivity index is 2.29. The molecule has 7 heavy (non-hydrogen) atoms. The quantitative estimate of drug-likeness (QED) is 0.403. The van der Waals surface area contributed by atoms with Crippen molar-refractivity contribution in [1.82, 2.24) is 0 Å². The first-order valence-electron chi connectivity index (χ1n) is 2.71. The van der Waals surface area contributed by atoms with E-state index < -0.39 is 0 Å². The molecule has 3 rings (SSSR count). The van der Waals surface area contributed by atoms with Crippen LogP contribution in [0.1, 0.15) is 19.3 Å². The molecule has 2 nitrogen and oxygen atoms in total. The first-order valence-corrected chi connectivity index (χ1v) is 2.71. The Morgan fingerprint density at radius 1 is 1.71 bits per heavy atom. The molecule has 37 valence electrons. The Bertz CT molecular complexity index is 103. The van der Waals surface area contributed by atoms with Gasteiger partial charge in [-0.15, -0.1) is 0 Å². The van der Waals surface area contributed by atoms with Gasteiger partial charge in [0, 0.05) is 12.8 Å². The minimum Gasteiger partial charge on any atom is -0.506 e. The van der Waals surface area contributed by atoms with Crippen molar-refractivity contribution < 1.29 is 4.70 Å². The van der Waals surface area contributed by atoms with Gasteiger partial charge in [-0.25, -0.2) is 0 Å². The van der Waals surface area contributed by atoms with Gasteiger partial charge in [-0.05, 0) is 0 Å². The van der Waals surface area contributed by atoms with Crippen molar-refractivity contribution in [3.8, 4) is 0 Å². The Hall–Kier alpha value is -0.400. The van der Waals surface area contributed by atoms with Gasteiger partial charge in [0.05, 0.1) is 6.42 Å². The van der Waals surface area contributed by atoms with Crippen molar-refractivity contribution in [1.29, 1.82) is 0 Å². The fraction of sp³-hybridized carbons (Fsp3) is 0.800. The molecule has 1 atom stereocenters. The maximum Gasteiger partial charge on any atom is 0.221 e. The highest BCUT2D eigenvalue weighted by atomic mass is 15.3. The summed E-state index contributed by atoms with van der Waals surface area (Å²) in [5.41, 5.74) is 8.84. The summed E-state index contributed by atoms with van der Waals surface area (Å²) in [7, 11) is 0. The molecule has 1 aliphatic carbocycles. The molecule has 3 aliphatic rings. The van der Waals surface area contributed by atoms with Crippen LogP contribution < -0.4 is 0 Å². The Morgan fingerprint density at radius 2 is 2.57 bits per heavy atom. The highest BCUT2D eigenvalue weighted by Crippen LogP contribution is 2.42. The van der Waals surface area contributed by atoms with Gasteiger partial charge >= 0.3 is 0 Å². The summed E-state index contributed by atoms with van der Waals surface area (Å²) in [5, 5.41) is 0. The molecule has 0 spiro atoms. The van der Waals surface area contributed by atoms with E-state index in [4.69, 9.17) is 5.53 Å². The molecule has 2 bridgehead atoms. The number of hydrogen-bond donors (Lipinski definition) is 0. The van der Waals surface area contributed by atoms with Crippen molar-refractivity contribution in [2.24, 2.45) is 0 Å². The SMILES string of the molecule is [N-]=[N+]1[C]2CCC1C2. The standard InChI is InChI=1S/C5H7N2/c6-7-4-1-2-5(7)3-4/h4H,1-3H2. The van der Waals surface area contributed by atoms with E-state index in [-0.39, 0.29) is 0 Å². The van der Waals surface area contributed by atoms with Crippen LogP contribution in [0.15, 0.2) is 0 Å². The predicted octanol–water partition coefficient (Wildman–Crippen LogP) is 1.12. The topological polar surface area (TPSA) is 25.3 Å². The molecular formula is C5H7N2. The molecule has 2 heteroatoms. The highest BCUT2D eigenvalue weighted by Gasteiger charge is 2.48. The molecule has 0 amide bonds. The van der Waals surface area contributed by atoms with Gasteiger partial charge in [-0.3, -0.25) is 0 Å². The molecule has 3 fully saturated rings. The van der Waals surface area contributed by atoms with Crippen LogP contribution in [-0.2, 0) is 0 Å². The Labute approximate surface area is 42.6 Å². The van der Waals surface area contributed by atoms with Gasteiger partial charge in [0.25, 0.3) is 0 Å². The fourth-order valence-corrected chi connectivity index (χ4v) is 1.37. The van der Waals surface area contributed by atoms with E-state index in [9.17, 15) is 0 Å². The van der Waals surface area contributed by atoms with E-state index >= 15 is 0 Å². The predicted molar refractivity (Wildman–Crippen MR) is 24.5 cm³/mol. The lowest BCUT2D eigenvalue weighted by atomic mass is 10.1. The zero-order valence-corrected chi connectivity index (χ0v) is 4.09. The molecule has 0 N–H and O–H groups in total. The zero-order chi connectivity index (χ0) is 4.85. The Morgan fingerprint density at radius 3 is 2.71 bits per heavy atom. The van der Waals surface area contributed by atoms with E-state index in [1.165, 1.54) is 17.2 Å². The number of nitrogens with zero attached hydrogens (tertiary/aromatic N) is 2. The molecule has 1 radical (unpaired) electrons. The normalized spacial score (nSPS) is 38.9. The minimum atomic E-state index is 0.509. The van der Waals surface area contributed by atoms with E-state index in [1.807, 2.05) is 0 Å². The lowest BCUT2D eigenvalue weighted by Crippen LogP contribution is -2.31. The summed E-state index contributed by atoms with van der Waals surface area (Å²) in [6.07, 6.45) is 3.49. The lowest BCUT2D eigenvalue weighted by Gasteiger charge is -2.22. The van der Waals surface area contributed by atoms with Gasteiger partial charge in [0.15, 0.2) is 0 Å². The number of fused-ring (bicyclic) bond motifs is 1. The second-order valence-corrected chi connectivity index (χ2v) is 2.31. The van der Waals surface area contributed by atoms with Gasteiger partial charge in [0.1, 0.15) is 6.04 Å². The largest absolute Gasteiger partial charge is 0.506 e. The van der Waals surface area contributed by atoms with Crippen LogP contribution in [-0.4, -0.2) is 10.7 Å². The highest BCUT2D eigenvalue weighted by molar-refractivity contribution is 4.97. The maximum atomic E-state index is 8.84. The summed E-state index contributed by atoms with van der Waals surface area (Å²) >= 11 is 0. The summed E-state index contributed by atoms with van der Waals surface area (Å²) in [6, 6.07) is 1.75. The maximum absolute atomic E-state index is 8.84. The first kappa shape index (κ1) is 3.58. The second-order valence-electron chi connectivity index (χ2n) is 2.31. The number of hydrogen-bond acceptors (Lipinski definition) is 0. The van der Waals surface area contributed by atoms with Gasteiger partial charge in [-0.2, -0.15) is 0 Å². The fourth-order valence-electron chi connectivity index (χ4n) is 1.37. The third-order valence-corrected chi connectivity index (χ3v) is 1.91. The van der Waals surface area contributed by atoms with Gasteiger partial charge in [0.2, 0.25) is 6.04 Å². The van der Waals surface area contributed by atoms with Crippen LogP contribution in [0.4, 0.5) is 0 Å². The van der Waals surface area contributed by atoms with E-state index in [0.29, 0.717) is 6.04 Å². The summed E-state index contributed by atoms with van der Waals surface area (Å²) in [5.74, 6) is 0. The van der Waals surface area contributed by atoms with Crippen LogP contribution in [0.25, 0.3) is 5.53 Å². The molecule has 2 aliphatic heterocycles. The van der Waals surface area contributed by atoms with Crippen molar-refractivity contribution in [2.45, 2.75) is 25.3 Å². The van der Waals surface area contributed by atoms with E-state index in [1.54, 1.807) is 0 Å². The monoisotopic (exact) mass is 95.1 g/mol. The molecule has 2 saturated heterocycles. The third-order valence-electron chi connectivity index (χ3n) is 1.91.